The third-order valence-corrected chi connectivity index (χ3v) is 1.75. The monoisotopic (exact) mass is 189 g/mol. The van der Waals surface area contributed by atoms with Crippen molar-refractivity contribution >= 4 is 5.91 Å². The van der Waals surface area contributed by atoms with E-state index in [1.807, 2.05) is 6.92 Å². The van der Waals surface area contributed by atoms with Gasteiger partial charge in [0.2, 0.25) is 5.91 Å². The van der Waals surface area contributed by atoms with E-state index in [4.69, 9.17) is 9.84 Å². The van der Waals surface area contributed by atoms with Gasteiger partial charge in [-0.05, 0) is 6.42 Å². The van der Waals surface area contributed by atoms with E-state index < -0.39 is 0 Å². The number of ether oxygens (including phenoxy) is 1. The summed E-state index contributed by atoms with van der Waals surface area (Å²) in [5, 5.41) is 8.72. The normalized spacial score (nSPS) is 10.1. The highest BCUT2D eigenvalue weighted by Gasteiger charge is 2.10. The lowest BCUT2D eigenvalue weighted by molar-refractivity contribution is -0.132. The number of amides is 1. The number of aliphatic hydroxyl groups excluding tert-OH is 1. The number of rotatable bonds is 7. The zero-order valence-corrected chi connectivity index (χ0v) is 8.45. The van der Waals surface area contributed by atoms with Gasteiger partial charge in [0.1, 0.15) is 0 Å². The fraction of sp³-hybridized carbons (Fsp3) is 0.889. The minimum absolute atomic E-state index is 0.0131. The van der Waals surface area contributed by atoms with E-state index in [9.17, 15) is 4.79 Å². The van der Waals surface area contributed by atoms with Crippen LogP contribution in [0.4, 0.5) is 0 Å². The van der Waals surface area contributed by atoms with E-state index in [-0.39, 0.29) is 12.5 Å². The van der Waals surface area contributed by atoms with E-state index >= 15 is 0 Å². The summed E-state index contributed by atoms with van der Waals surface area (Å²) < 4.78 is 4.87. The number of aliphatic hydroxyl groups is 1. The molecule has 1 N–H and O–H groups in total. The molecule has 0 aromatic rings. The van der Waals surface area contributed by atoms with Crippen LogP contribution in [0.3, 0.4) is 0 Å². The number of hydrogen-bond acceptors (Lipinski definition) is 3. The van der Waals surface area contributed by atoms with Gasteiger partial charge in [0.25, 0.3) is 0 Å². The maximum Gasteiger partial charge on any atom is 0.222 e. The molecule has 0 aliphatic rings. The molecule has 0 aliphatic carbocycles. The molecule has 0 radical (unpaired) electrons. The van der Waals surface area contributed by atoms with Crippen molar-refractivity contribution in [2.45, 2.75) is 19.8 Å². The average Bonchev–Trinajstić information content (AvgIpc) is 2.12. The van der Waals surface area contributed by atoms with Crippen molar-refractivity contribution in [1.29, 1.82) is 0 Å². The Labute approximate surface area is 79.5 Å². The molecule has 4 heteroatoms. The summed E-state index contributed by atoms with van der Waals surface area (Å²) in [6.07, 6.45) is 1.39. The largest absolute Gasteiger partial charge is 0.395 e. The van der Waals surface area contributed by atoms with Crippen LogP contribution in [-0.2, 0) is 9.53 Å². The van der Waals surface area contributed by atoms with Gasteiger partial charge in [-0.15, -0.1) is 0 Å². The van der Waals surface area contributed by atoms with Gasteiger partial charge in [0.15, 0.2) is 0 Å². The first kappa shape index (κ1) is 12.4. The first-order chi connectivity index (χ1) is 6.26. The van der Waals surface area contributed by atoms with Gasteiger partial charge in [0.05, 0.1) is 13.2 Å². The summed E-state index contributed by atoms with van der Waals surface area (Å²) in [7, 11) is 1.60. The Hall–Kier alpha value is -0.610. The van der Waals surface area contributed by atoms with Gasteiger partial charge in [-0.1, -0.05) is 6.92 Å². The first-order valence-electron chi connectivity index (χ1n) is 4.63. The van der Waals surface area contributed by atoms with Crippen LogP contribution in [0.15, 0.2) is 0 Å². The molecule has 0 unspecified atom stereocenters. The van der Waals surface area contributed by atoms with E-state index in [1.54, 1.807) is 12.0 Å². The van der Waals surface area contributed by atoms with E-state index in [0.717, 1.165) is 6.42 Å². The van der Waals surface area contributed by atoms with Crippen molar-refractivity contribution in [1.82, 2.24) is 4.90 Å². The zero-order valence-electron chi connectivity index (χ0n) is 8.45. The molecule has 0 aromatic heterocycles. The van der Waals surface area contributed by atoms with Crippen LogP contribution in [-0.4, -0.2) is 49.3 Å². The molecule has 0 saturated carbocycles. The number of carbonyl (C=O) groups is 1. The SMILES string of the molecule is CCCC(=O)N(CCO)CCOC. The molecular weight excluding hydrogens is 170 g/mol. The zero-order chi connectivity index (χ0) is 10.1. The van der Waals surface area contributed by atoms with Gasteiger partial charge < -0.3 is 14.7 Å². The van der Waals surface area contributed by atoms with E-state index in [1.165, 1.54) is 0 Å². The lowest BCUT2D eigenvalue weighted by Gasteiger charge is -2.20. The Morgan fingerprint density at radius 2 is 2.15 bits per heavy atom. The standard InChI is InChI=1S/C9H19NO3/c1-3-4-9(12)10(5-7-11)6-8-13-2/h11H,3-8H2,1-2H3. The maximum absolute atomic E-state index is 11.4. The van der Waals surface area contributed by atoms with Crippen molar-refractivity contribution in [3.63, 3.8) is 0 Å². The predicted molar refractivity (Wildman–Crippen MR) is 50.4 cm³/mol. The van der Waals surface area contributed by atoms with Gasteiger partial charge in [-0.2, -0.15) is 0 Å². The molecule has 1 amide bonds. The Balaban J connectivity index is 3.83. The summed E-state index contributed by atoms with van der Waals surface area (Å²) in [5.41, 5.74) is 0. The molecule has 13 heavy (non-hydrogen) atoms. The van der Waals surface area contributed by atoms with Gasteiger partial charge >= 0.3 is 0 Å². The van der Waals surface area contributed by atoms with Crippen LogP contribution in [0, 0.1) is 0 Å². The van der Waals surface area contributed by atoms with Crippen molar-refractivity contribution in [3.8, 4) is 0 Å². The van der Waals surface area contributed by atoms with Crippen LogP contribution in [0.1, 0.15) is 19.8 Å². The maximum atomic E-state index is 11.4. The van der Waals surface area contributed by atoms with E-state index in [2.05, 4.69) is 0 Å². The van der Waals surface area contributed by atoms with Crippen molar-refractivity contribution in [2.75, 3.05) is 33.4 Å². The Bertz CT molecular complexity index is 139. The molecule has 0 fully saturated rings. The molecule has 0 aliphatic heterocycles. The van der Waals surface area contributed by atoms with Gasteiger partial charge in [-0.25, -0.2) is 0 Å². The van der Waals surface area contributed by atoms with Gasteiger partial charge in [-0.3, -0.25) is 4.79 Å². The number of methoxy groups -OCH3 is 1. The molecule has 0 aromatic carbocycles. The fourth-order valence-electron chi connectivity index (χ4n) is 1.06. The van der Waals surface area contributed by atoms with Crippen LogP contribution in [0.5, 0.6) is 0 Å². The molecule has 78 valence electrons. The second-order valence-corrected chi connectivity index (χ2v) is 2.85. The van der Waals surface area contributed by atoms with Crippen molar-refractivity contribution in [2.24, 2.45) is 0 Å². The molecular formula is C9H19NO3. The summed E-state index contributed by atoms with van der Waals surface area (Å²) in [4.78, 5) is 13.0. The topological polar surface area (TPSA) is 49.8 Å². The third kappa shape index (κ3) is 5.60. The Kier molecular flexibility index (Phi) is 7.63. The summed E-state index contributed by atoms with van der Waals surface area (Å²) in [5.74, 6) is 0.0913. The van der Waals surface area contributed by atoms with Crippen LogP contribution >= 0.6 is 0 Å². The minimum atomic E-state index is 0.0131. The molecule has 0 heterocycles. The number of carbonyl (C=O) groups excluding carboxylic acids is 1. The lowest BCUT2D eigenvalue weighted by atomic mass is 10.3. The quantitative estimate of drug-likeness (QED) is 0.624. The van der Waals surface area contributed by atoms with Crippen LogP contribution in [0.2, 0.25) is 0 Å². The summed E-state index contributed by atoms with van der Waals surface area (Å²) in [6.45, 7) is 3.47. The van der Waals surface area contributed by atoms with Crippen molar-refractivity contribution < 1.29 is 14.6 Å². The Morgan fingerprint density at radius 1 is 1.46 bits per heavy atom. The smallest absolute Gasteiger partial charge is 0.222 e. The molecule has 0 bridgehead atoms. The molecule has 0 rings (SSSR count). The molecule has 4 nitrogen and oxygen atoms in total. The number of nitrogens with zero attached hydrogens (tertiary/aromatic N) is 1. The highest BCUT2D eigenvalue weighted by Crippen LogP contribution is 1.97. The highest BCUT2D eigenvalue weighted by atomic mass is 16.5. The highest BCUT2D eigenvalue weighted by molar-refractivity contribution is 5.76. The summed E-state index contributed by atoms with van der Waals surface area (Å²) >= 11 is 0. The molecule has 0 atom stereocenters. The second kappa shape index (κ2) is 8.01. The fourth-order valence-corrected chi connectivity index (χ4v) is 1.06. The average molecular weight is 189 g/mol. The summed E-state index contributed by atoms with van der Waals surface area (Å²) in [6, 6.07) is 0. The number of hydrogen-bond donors (Lipinski definition) is 1. The van der Waals surface area contributed by atoms with Crippen molar-refractivity contribution in [3.05, 3.63) is 0 Å². The molecule has 0 spiro atoms. The predicted octanol–water partition coefficient (Wildman–Crippen LogP) is 0.254. The van der Waals surface area contributed by atoms with Crippen LogP contribution in [0.25, 0.3) is 0 Å². The Morgan fingerprint density at radius 3 is 2.62 bits per heavy atom. The second-order valence-electron chi connectivity index (χ2n) is 2.85. The van der Waals surface area contributed by atoms with Crippen LogP contribution < -0.4 is 0 Å². The third-order valence-electron chi connectivity index (χ3n) is 1.75. The minimum Gasteiger partial charge on any atom is -0.395 e. The van der Waals surface area contributed by atoms with Gasteiger partial charge in [0, 0.05) is 26.6 Å². The molecule has 0 saturated heterocycles. The first-order valence-corrected chi connectivity index (χ1v) is 4.63. The van der Waals surface area contributed by atoms with E-state index in [0.29, 0.717) is 26.1 Å². The lowest BCUT2D eigenvalue weighted by Crippen LogP contribution is -2.35.